The van der Waals surface area contributed by atoms with Crippen LogP contribution < -0.4 is 10.6 Å². The minimum Gasteiger partial charge on any atom is -0.356 e. The van der Waals surface area contributed by atoms with E-state index in [1.54, 1.807) is 6.07 Å². The first-order chi connectivity index (χ1) is 9.20. The predicted molar refractivity (Wildman–Crippen MR) is 70.2 cm³/mol. The molecule has 1 aromatic carbocycles. The molecule has 1 aliphatic heterocycles. The van der Waals surface area contributed by atoms with E-state index in [4.69, 9.17) is 0 Å². The van der Waals surface area contributed by atoms with Gasteiger partial charge in [-0.05, 0) is 30.9 Å². The molecule has 0 radical (unpaired) electrons. The molecule has 0 amide bonds. The highest BCUT2D eigenvalue weighted by atomic mass is 19.1. The van der Waals surface area contributed by atoms with E-state index in [1.807, 2.05) is 0 Å². The molecule has 0 aromatic heterocycles. The highest BCUT2D eigenvalue weighted by molar-refractivity contribution is 5.80. The molecule has 2 aliphatic rings. The molecular formula is C14H17F2N3. The van der Waals surface area contributed by atoms with Crippen LogP contribution in [0, 0.1) is 11.6 Å². The Labute approximate surface area is 111 Å². The molecule has 1 aromatic rings. The Balaban J connectivity index is 1.71. The fourth-order valence-electron chi connectivity index (χ4n) is 2.52. The topological polar surface area (TPSA) is 36.4 Å². The van der Waals surface area contributed by atoms with Crippen LogP contribution in [0.15, 0.2) is 23.2 Å². The van der Waals surface area contributed by atoms with E-state index in [2.05, 4.69) is 15.6 Å². The predicted octanol–water partition coefficient (Wildman–Crippen LogP) is 1.94. The third kappa shape index (κ3) is 2.55. The zero-order valence-corrected chi connectivity index (χ0v) is 10.7. The average molecular weight is 265 g/mol. The van der Waals surface area contributed by atoms with Gasteiger partial charge in [-0.1, -0.05) is 6.07 Å². The second-order valence-corrected chi connectivity index (χ2v) is 5.27. The van der Waals surface area contributed by atoms with Gasteiger partial charge in [0.2, 0.25) is 0 Å². The van der Waals surface area contributed by atoms with Gasteiger partial charge in [-0.2, -0.15) is 0 Å². The lowest BCUT2D eigenvalue weighted by Crippen LogP contribution is -2.43. The summed E-state index contributed by atoms with van der Waals surface area (Å²) in [5.74, 6) is -0.179. The molecule has 1 aliphatic carbocycles. The Morgan fingerprint density at radius 3 is 2.79 bits per heavy atom. The minimum atomic E-state index is -0.525. The lowest BCUT2D eigenvalue weighted by molar-refractivity contribution is 0.539. The van der Waals surface area contributed by atoms with Crippen LogP contribution in [0.4, 0.5) is 8.78 Å². The van der Waals surface area contributed by atoms with Crippen molar-refractivity contribution in [2.45, 2.75) is 24.7 Å². The smallest absolute Gasteiger partial charge is 0.191 e. The maximum absolute atomic E-state index is 13.8. The van der Waals surface area contributed by atoms with Gasteiger partial charge in [-0.3, -0.25) is 4.99 Å². The maximum Gasteiger partial charge on any atom is 0.191 e. The van der Waals surface area contributed by atoms with Gasteiger partial charge in [-0.25, -0.2) is 8.78 Å². The van der Waals surface area contributed by atoms with Crippen molar-refractivity contribution in [1.82, 2.24) is 10.6 Å². The second kappa shape index (κ2) is 4.79. The molecule has 0 saturated heterocycles. The maximum atomic E-state index is 13.8. The summed E-state index contributed by atoms with van der Waals surface area (Å²) >= 11 is 0. The average Bonchev–Trinajstić information content (AvgIpc) is 3.19. The number of aliphatic imine (C=N–C) groups is 1. The monoisotopic (exact) mass is 265 g/mol. The summed E-state index contributed by atoms with van der Waals surface area (Å²) in [5.41, 5.74) is 0.414. The lowest BCUT2D eigenvalue weighted by Gasteiger charge is -2.21. The van der Waals surface area contributed by atoms with Crippen LogP contribution in [0.3, 0.4) is 0 Å². The Kier molecular flexibility index (Phi) is 3.12. The SMILES string of the molecule is Fc1ccc(C2(CNC3=NCCCN3)CC2)c(F)c1. The Hall–Kier alpha value is -1.65. The summed E-state index contributed by atoms with van der Waals surface area (Å²) in [7, 11) is 0. The Morgan fingerprint density at radius 2 is 2.16 bits per heavy atom. The number of rotatable bonds is 3. The van der Waals surface area contributed by atoms with Crippen molar-refractivity contribution < 1.29 is 8.78 Å². The third-order valence-electron chi connectivity index (χ3n) is 3.85. The number of nitrogens with one attached hydrogen (secondary N) is 2. The molecule has 1 heterocycles. The van der Waals surface area contributed by atoms with E-state index in [0.29, 0.717) is 12.1 Å². The van der Waals surface area contributed by atoms with E-state index >= 15 is 0 Å². The lowest BCUT2D eigenvalue weighted by atomic mass is 9.95. The summed E-state index contributed by atoms with van der Waals surface area (Å²) in [6.07, 6.45) is 2.90. The molecular weight excluding hydrogens is 248 g/mol. The Morgan fingerprint density at radius 1 is 1.32 bits per heavy atom. The van der Waals surface area contributed by atoms with Crippen molar-refractivity contribution in [3.05, 3.63) is 35.4 Å². The van der Waals surface area contributed by atoms with Gasteiger partial charge >= 0.3 is 0 Å². The van der Waals surface area contributed by atoms with Gasteiger partial charge in [0.1, 0.15) is 11.6 Å². The Bertz CT molecular complexity index is 509. The highest BCUT2D eigenvalue weighted by Gasteiger charge is 2.46. The van der Waals surface area contributed by atoms with Crippen molar-refractivity contribution in [2.24, 2.45) is 4.99 Å². The largest absolute Gasteiger partial charge is 0.356 e. The number of hydrogen-bond donors (Lipinski definition) is 2. The van der Waals surface area contributed by atoms with E-state index in [1.165, 1.54) is 6.07 Å². The summed E-state index contributed by atoms with van der Waals surface area (Å²) in [4.78, 5) is 4.33. The first-order valence-electron chi connectivity index (χ1n) is 6.67. The van der Waals surface area contributed by atoms with Gasteiger partial charge in [0.05, 0.1) is 0 Å². The van der Waals surface area contributed by atoms with Crippen LogP contribution in [0.2, 0.25) is 0 Å². The van der Waals surface area contributed by atoms with Crippen LogP contribution in [0.25, 0.3) is 0 Å². The fourth-order valence-corrected chi connectivity index (χ4v) is 2.52. The number of hydrogen-bond acceptors (Lipinski definition) is 3. The molecule has 2 N–H and O–H groups in total. The van der Waals surface area contributed by atoms with Crippen molar-refractivity contribution in [3.8, 4) is 0 Å². The first-order valence-corrected chi connectivity index (χ1v) is 6.67. The highest BCUT2D eigenvalue weighted by Crippen LogP contribution is 2.48. The molecule has 3 nitrogen and oxygen atoms in total. The molecule has 19 heavy (non-hydrogen) atoms. The molecule has 0 atom stereocenters. The van der Waals surface area contributed by atoms with E-state index in [9.17, 15) is 8.78 Å². The molecule has 102 valence electrons. The van der Waals surface area contributed by atoms with Gasteiger partial charge in [0.25, 0.3) is 0 Å². The normalized spacial score (nSPS) is 20.4. The van der Waals surface area contributed by atoms with E-state index in [0.717, 1.165) is 44.4 Å². The quantitative estimate of drug-likeness (QED) is 0.876. The molecule has 0 unspecified atom stereocenters. The first kappa shape index (κ1) is 12.4. The number of halogens is 2. The van der Waals surface area contributed by atoms with Crippen molar-refractivity contribution in [1.29, 1.82) is 0 Å². The van der Waals surface area contributed by atoms with E-state index in [-0.39, 0.29) is 5.41 Å². The number of guanidine groups is 1. The number of nitrogens with zero attached hydrogens (tertiary/aromatic N) is 1. The van der Waals surface area contributed by atoms with Crippen LogP contribution in [0.1, 0.15) is 24.8 Å². The second-order valence-electron chi connectivity index (χ2n) is 5.27. The van der Waals surface area contributed by atoms with Crippen LogP contribution in [-0.2, 0) is 5.41 Å². The van der Waals surface area contributed by atoms with Gasteiger partial charge in [0, 0.05) is 31.1 Å². The molecule has 1 saturated carbocycles. The standard InChI is InChI=1S/C14H17F2N3/c15-10-2-3-11(12(16)8-10)14(4-5-14)9-19-13-17-6-1-7-18-13/h2-3,8H,1,4-7,9H2,(H2,17,18,19). The molecule has 0 bridgehead atoms. The van der Waals surface area contributed by atoms with Crippen molar-refractivity contribution in [3.63, 3.8) is 0 Å². The minimum absolute atomic E-state index is 0.195. The fraction of sp³-hybridized carbons (Fsp3) is 0.500. The molecule has 5 heteroatoms. The van der Waals surface area contributed by atoms with Gasteiger partial charge < -0.3 is 10.6 Å². The molecule has 0 spiro atoms. The third-order valence-corrected chi connectivity index (χ3v) is 3.85. The summed E-state index contributed by atoms with van der Waals surface area (Å²) in [6, 6.07) is 3.86. The summed E-state index contributed by atoms with van der Waals surface area (Å²) in [6.45, 7) is 2.39. The van der Waals surface area contributed by atoms with Crippen molar-refractivity contribution >= 4 is 5.96 Å². The molecule has 1 fully saturated rings. The van der Waals surface area contributed by atoms with Gasteiger partial charge in [-0.15, -0.1) is 0 Å². The van der Waals surface area contributed by atoms with Crippen LogP contribution in [0.5, 0.6) is 0 Å². The zero-order valence-electron chi connectivity index (χ0n) is 10.7. The summed E-state index contributed by atoms with van der Waals surface area (Å²) in [5, 5.41) is 6.42. The zero-order chi connectivity index (χ0) is 13.3. The van der Waals surface area contributed by atoms with Crippen LogP contribution >= 0.6 is 0 Å². The number of benzene rings is 1. The van der Waals surface area contributed by atoms with Crippen LogP contribution in [-0.4, -0.2) is 25.6 Å². The summed E-state index contributed by atoms with van der Waals surface area (Å²) < 4.78 is 26.8. The van der Waals surface area contributed by atoms with Gasteiger partial charge in [0.15, 0.2) is 5.96 Å². The molecule has 3 rings (SSSR count). The van der Waals surface area contributed by atoms with E-state index < -0.39 is 11.6 Å². The van der Waals surface area contributed by atoms with Crippen molar-refractivity contribution in [2.75, 3.05) is 19.6 Å².